The van der Waals surface area contributed by atoms with Crippen molar-refractivity contribution >= 4 is 28.9 Å². The van der Waals surface area contributed by atoms with Crippen LogP contribution in [-0.4, -0.2) is 16.8 Å². The summed E-state index contributed by atoms with van der Waals surface area (Å²) in [6.07, 6.45) is 1.64. The molecule has 3 rings (SSSR count). The van der Waals surface area contributed by atoms with Crippen LogP contribution in [0.5, 0.6) is 0 Å². The molecule has 28 heavy (non-hydrogen) atoms. The zero-order valence-electron chi connectivity index (χ0n) is 15.8. The van der Waals surface area contributed by atoms with E-state index in [-0.39, 0.29) is 11.8 Å². The molecule has 0 atom stereocenters. The van der Waals surface area contributed by atoms with E-state index in [4.69, 9.17) is 0 Å². The summed E-state index contributed by atoms with van der Waals surface area (Å²) in [7, 11) is 0. The van der Waals surface area contributed by atoms with Crippen molar-refractivity contribution in [2.45, 2.75) is 20.4 Å². The third-order valence-electron chi connectivity index (χ3n) is 4.18. The Morgan fingerprint density at radius 3 is 2.32 bits per heavy atom. The van der Waals surface area contributed by atoms with Crippen molar-refractivity contribution in [1.82, 2.24) is 4.98 Å². The predicted octanol–water partition coefficient (Wildman–Crippen LogP) is 4.21. The maximum absolute atomic E-state index is 12.4. The third-order valence-corrected chi connectivity index (χ3v) is 4.18. The second-order valence-corrected chi connectivity index (χ2v) is 6.43. The number of anilines is 3. The third kappa shape index (κ3) is 5.17. The normalized spacial score (nSPS) is 10.2. The summed E-state index contributed by atoms with van der Waals surface area (Å²) in [5.74, 6) is -0.482. The summed E-state index contributed by atoms with van der Waals surface area (Å²) < 4.78 is 0. The van der Waals surface area contributed by atoms with E-state index in [0.717, 1.165) is 5.69 Å². The van der Waals surface area contributed by atoms with Crippen molar-refractivity contribution in [2.24, 2.45) is 0 Å². The van der Waals surface area contributed by atoms with Crippen LogP contribution < -0.4 is 16.0 Å². The summed E-state index contributed by atoms with van der Waals surface area (Å²) in [6.45, 7) is 4.20. The van der Waals surface area contributed by atoms with E-state index in [1.165, 1.54) is 18.1 Å². The molecule has 142 valence electrons. The smallest absolute Gasteiger partial charge is 0.274 e. The average molecular weight is 374 g/mol. The molecule has 6 heteroatoms. The second kappa shape index (κ2) is 8.81. The van der Waals surface area contributed by atoms with Crippen molar-refractivity contribution in [2.75, 3.05) is 16.0 Å². The van der Waals surface area contributed by atoms with Gasteiger partial charge in [0, 0.05) is 24.8 Å². The Bertz CT molecular complexity index is 984. The summed E-state index contributed by atoms with van der Waals surface area (Å²) in [6, 6.07) is 18.6. The van der Waals surface area contributed by atoms with Crippen molar-refractivity contribution in [3.05, 3.63) is 83.7 Å². The van der Waals surface area contributed by atoms with Crippen LogP contribution in [0.2, 0.25) is 0 Å². The minimum Gasteiger partial charge on any atom is -0.380 e. The van der Waals surface area contributed by atoms with Gasteiger partial charge in [-0.2, -0.15) is 0 Å². The summed E-state index contributed by atoms with van der Waals surface area (Å²) in [5.41, 5.74) is 4.79. The minimum atomic E-state index is -0.314. The topological polar surface area (TPSA) is 83.1 Å². The highest BCUT2D eigenvalue weighted by Crippen LogP contribution is 2.16. The fraction of sp³-hybridized carbons (Fsp3) is 0.136. The molecule has 0 aliphatic carbocycles. The molecule has 3 N–H and O–H groups in total. The lowest BCUT2D eigenvalue weighted by molar-refractivity contribution is -0.114. The van der Waals surface area contributed by atoms with Crippen LogP contribution in [0.1, 0.15) is 28.5 Å². The lowest BCUT2D eigenvalue weighted by Gasteiger charge is -2.10. The van der Waals surface area contributed by atoms with Gasteiger partial charge in [0.25, 0.3) is 5.91 Å². The number of aromatic nitrogens is 1. The number of amides is 2. The fourth-order valence-electron chi connectivity index (χ4n) is 2.71. The fourth-order valence-corrected chi connectivity index (χ4v) is 2.71. The van der Waals surface area contributed by atoms with Crippen molar-refractivity contribution in [1.29, 1.82) is 0 Å². The van der Waals surface area contributed by atoms with Crippen LogP contribution in [0.3, 0.4) is 0 Å². The number of benzene rings is 2. The maximum Gasteiger partial charge on any atom is 0.274 e. The predicted molar refractivity (Wildman–Crippen MR) is 111 cm³/mol. The zero-order valence-corrected chi connectivity index (χ0v) is 15.8. The number of carbonyl (C=O) groups is 2. The molecule has 0 bridgehead atoms. The molecule has 0 fully saturated rings. The van der Waals surface area contributed by atoms with Gasteiger partial charge >= 0.3 is 0 Å². The van der Waals surface area contributed by atoms with Crippen molar-refractivity contribution in [3.63, 3.8) is 0 Å². The molecule has 0 spiro atoms. The van der Waals surface area contributed by atoms with E-state index in [0.29, 0.717) is 23.6 Å². The van der Waals surface area contributed by atoms with Crippen molar-refractivity contribution < 1.29 is 9.59 Å². The Balaban J connectivity index is 1.61. The summed E-state index contributed by atoms with van der Waals surface area (Å²) >= 11 is 0. The second-order valence-electron chi connectivity index (χ2n) is 6.43. The first-order chi connectivity index (χ1) is 13.5. The molecule has 1 heterocycles. The van der Waals surface area contributed by atoms with Crippen LogP contribution >= 0.6 is 0 Å². The van der Waals surface area contributed by atoms with E-state index in [1.807, 2.05) is 18.2 Å². The maximum atomic E-state index is 12.4. The highest BCUT2D eigenvalue weighted by Gasteiger charge is 2.08. The quantitative estimate of drug-likeness (QED) is 0.603. The van der Waals surface area contributed by atoms with Gasteiger partial charge in [0.1, 0.15) is 5.69 Å². The van der Waals surface area contributed by atoms with Crippen LogP contribution in [-0.2, 0) is 11.3 Å². The number of hydrogen-bond acceptors (Lipinski definition) is 4. The molecular weight excluding hydrogens is 352 g/mol. The van der Waals surface area contributed by atoms with E-state index in [1.54, 1.807) is 36.5 Å². The number of nitrogens with zero attached hydrogens (tertiary/aromatic N) is 1. The van der Waals surface area contributed by atoms with Gasteiger partial charge in [-0.05, 0) is 48.4 Å². The first-order valence-electron chi connectivity index (χ1n) is 8.95. The monoisotopic (exact) mass is 374 g/mol. The van der Waals surface area contributed by atoms with E-state index in [2.05, 4.69) is 40.0 Å². The SMILES string of the molecule is CC(=O)Nc1cccc(NC(=O)c2ccc(NCc3ccccc3C)cn2)c1. The zero-order chi connectivity index (χ0) is 19.9. The Labute approximate surface area is 164 Å². The molecule has 1 aromatic heterocycles. The average Bonchev–Trinajstić information content (AvgIpc) is 2.67. The van der Waals surface area contributed by atoms with Crippen molar-refractivity contribution in [3.8, 4) is 0 Å². The minimum absolute atomic E-state index is 0.168. The summed E-state index contributed by atoms with van der Waals surface area (Å²) in [5, 5.41) is 8.78. The van der Waals surface area contributed by atoms with Crippen LogP contribution in [0, 0.1) is 6.92 Å². The largest absolute Gasteiger partial charge is 0.380 e. The Hall–Kier alpha value is -3.67. The first kappa shape index (κ1) is 19.1. The van der Waals surface area contributed by atoms with E-state index < -0.39 is 0 Å². The van der Waals surface area contributed by atoms with Gasteiger partial charge in [0.05, 0.1) is 11.9 Å². The van der Waals surface area contributed by atoms with E-state index in [9.17, 15) is 9.59 Å². The molecule has 0 aliphatic heterocycles. The van der Waals surface area contributed by atoms with Gasteiger partial charge in [0.2, 0.25) is 5.91 Å². The van der Waals surface area contributed by atoms with Gasteiger partial charge in [0.15, 0.2) is 0 Å². The molecule has 0 aliphatic rings. The molecule has 0 saturated carbocycles. The molecule has 0 saturated heterocycles. The number of nitrogens with one attached hydrogen (secondary N) is 3. The molecule has 2 aromatic carbocycles. The number of pyridine rings is 1. The molecule has 2 amide bonds. The lowest BCUT2D eigenvalue weighted by atomic mass is 10.1. The van der Waals surface area contributed by atoms with Gasteiger partial charge in [-0.15, -0.1) is 0 Å². The highest BCUT2D eigenvalue weighted by atomic mass is 16.2. The molecule has 3 aromatic rings. The van der Waals surface area contributed by atoms with Gasteiger partial charge < -0.3 is 16.0 Å². The highest BCUT2D eigenvalue weighted by molar-refractivity contribution is 6.03. The standard InChI is InChI=1S/C22H22N4O2/c1-15-6-3-4-7-17(15)13-23-20-10-11-21(24-14-20)22(28)26-19-9-5-8-18(12-19)25-16(2)27/h3-12,14,23H,13H2,1-2H3,(H,25,27)(H,26,28). The number of rotatable bonds is 6. The van der Waals surface area contributed by atoms with Gasteiger partial charge in [-0.1, -0.05) is 30.3 Å². The molecular formula is C22H22N4O2. The van der Waals surface area contributed by atoms with Crippen LogP contribution in [0.15, 0.2) is 66.9 Å². The summed E-state index contributed by atoms with van der Waals surface area (Å²) in [4.78, 5) is 27.8. The molecule has 0 radical (unpaired) electrons. The molecule has 6 nitrogen and oxygen atoms in total. The van der Waals surface area contributed by atoms with Crippen LogP contribution in [0.4, 0.5) is 17.1 Å². The number of aryl methyl sites for hydroxylation is 1. The Morgan fingerprint density at radius 2 is 1.64 bits per heavy atom. The van der Waals surface area contributed by atoms with Gasteiger partial charge in [-0.25, -0.2) is 4.98 Å². The van der Waals surface area contributed by atoms with Gasteiger partial charge in [-0.3, -0.25) is 9.59 Å². The Kier molecular flexibility index (Phi) is 6.01. The number of hydrogen-bond donors (Lipinski definition) is 3. The first-order valence-corrected chi connectivity index (χ1v) is 8.95. The lowest BCUT2D eigenvalue weighted by Crippen LogP contribution is -2.14. The Morgan fingerprint density at radius 1 is 0.893 bits per heavy atom. The molecule has 0 unspecified atom stereocenters. The van der Waals surface area contributed by atoms with E-state index >= 15 is 0 Å². The number of carbonyl (C=O) groups excluding carboxylic acids is 2. The van der Waals surface area contributed by atoms with Crippen LogP contribution in [0.25, 0.3) is 0 Å².